The first-order valence-corrected chi connectivity index (χ1v) is 6.23. The van der Waals surface area contributed by atoms with Crippen LogP contribution in [0.1, 0.15) is 36.8 Å². The Hall–Kier alpha value is -1.69. The summed E-state index contributed by atoms with van der Waals surface area (Å²) in [6.07, 6.45) is 2.06. The molecule has 0 unspecified atom stereocenters. The third-order valence-corrected chi connectivity index (χ3v) is 3.31. The van der Waals surface area contributed by atoms with Crippen LogP contribution in [0.5, 0.6) is 0 Å². The van der Waals surface area contributed by atoms with E-state index in [2.05, 4.69) is 5.10 Å². The van der Waals surface area contributed by atoms with Crippen molar-refractivity contribution in [3.63, 3.8) is 0 Å². The zero-order valence-electron chi connectivity index (χ0n) is 11.5. The van der Waals surface area contributed by atoms with Crippen LogP contribution in [-0.4, -0.2) is 32.7 Å². The molecule has 0 saturated heterocycles. The second kappa shape index (κ2) is 4.77. The predicted octanol–water partition coefficient (Wildman–Crippen LogP) is 1.45. The van der Waals surface area contributed by atoms with Gasteiger partial charge in [-0.15, -0.1) is 0 Å². The fraction of sp³-hybridized carbons (Fsp3) is 0.538. The molecule has 1 aliphatic heterocycles. The van der Waals surface area contributed by atoms with Crippen molar-refractivity contribution in [1.82, 2.24) is 14.7 Å². The molecule has 5 nitrogen and oxygen atoms in total. The smallest absolute Gasteiger partial charge is 0.258 e. The number of amides is 1. The van der Waals surface area contributed by atoms with Gasteiger partial charge in [0.25, 0.3) is 5.91 Å². The summed E-state index contributed by atoms with van der Waals surface area (Å²) in [6, 6.07) is 0. The van der Waals surface area contributed by atoms with Crippen molar-refractivity contribution in [1.29, 1.82) is 0 Å². The van der Waals surface area contributed by atoms with Crippen LogP contribution in [0, 0.1) is 0 Å². The van der Waals surface area contributed by atoms with Gasteiger partial charge in [-0.05, 0) is 26.3 Å². The minimum Gasteiger partial charge on any atom is -0.328 e. The lowest BCUT2D eigenvalue weighted by molar-refractivity contribution is 0.0604. The van der Waals surface area contributed by atoms with E-state index < -0.39 is 0 Å². The average molecular weight is 266 g/mol. The lowest BCUT2D eigenvalue weighted by atomic mass is 10.1. The van der Waals surface area contributed by atoms with E-state index >= 15 is 0 Å². The first kappa shape index (κ1) is 13.7. The number of hydrogen-bond donors (Lipinski definition) is 1. The molecule has 0 atom stereocenters. The molecule has 1 amide bonds. The quantitative estimate of drug-likeness (QED) is 0.900. The van der Waals surface area contributed by atoms with Crippen LogP contribution in [0.4, 0.5) is 4.39 Å². The third kappa shape index (κ3) is 2.40. The van der Waals surface area contributed by atoms with Gasteiger partial charge in [-0.2, -0.15) is 5.10 Å². The van der Waals surface area contributed by atoms with Crippen LogP contribution in [0.15, 0.2) is 18.1 Å². The Morgan fingerprint density at radius 1 is 1.58 bits per heavy atom. The van der Waals surface area contributed by atoms with Crippen LogP contribution in [0.3, 0.4) is 0 Å². The van der Waals surface area contributed by atoms with Gasteiger partial charge in [0.1, 0.15) is 0 Å². The largest absolute Gasteiger partial charge is 0.328 e. The van der Waals surface area contributed by atoms with Crippen LogP contribution >= 0.6 is 0 Å². The van der Waals surface area contributed by atoms with Gasteiger partial charge in [0.05, 0.1) is 36.9 Å². The molecule has 0 aromatic carbocycles. The highest BCUT2D eigenvalue weighted by molar-refractivity contribution is 5.98. The normalized spacial score (nSPS) is 16.2. The van der Waals surface area contributed by atoms with Gasteiger partial charge < -0.3 is 10.6 Å². The third-order valence-electron chi connectivity index (χ3n) is 3.31. The van der Waals surface area contributed by atoms with Crippen molar-refractivity contribution in [2.24, 2.45) is 5.73 Å². The van der Waals surface area contributed by atoms with Crippen molar-refractivity contribution in [3.8, 4) is 0 Å². The fourth-order valence-corrected chi connectivity index (χ4v) is 2.14. The van der Waals surface area contributed by atoms with Gasteiger partial charge in [-0.25, -0.2) is 4.39 Å². The molecule has 0 bridgehead atoms. The Labute approximate surface area is 111 Å². The molecule has 2 rings (SSSR count). The molecule has 0 fully saturated rings. The fourth-order valence-electron chi connectivity index (χ4n) is 2.14. The minimum absolute atomic E-state index is 0.0210. The number of nitrogens with zero attached hydrogens (tertiary/aromatic N) is 3. The van der Waals surface area contributed by atoms with Gasteiger partial charge in [-0.1, -0.05) is 0 Å². The van der Waals surface area contributed by atoms with Gasteiger partial charge in [-0.3, -0.25) is 9.48 Å². The maximum Gasteiger partial charge on any atom is 0.258 e. The Morgan fingerprint density at radius 2 is 2.26 bits per heavy atom. The summed E-state index contributed by atoms with van der Waals surface area (Å²) in [7, 11) is 0. The van der Waals surface area contributed by atoms with E-state index in [0.717, 1.165) is 5.69 Å². The SMILES string of the molecule is CC(C)(C)N1Cc2c(cnn2CC(=CF)CN)C1=O. The summed E-state index contributed by atoms with van der Waals surface area (Å²) in [6.45, 7) is 6.89. The molecule has 0 radical (unpaired) electrons. The first-order chi connectivity index (χ1) is 8.88. The van der Waals surface area contributed by atoms with Gasteiger partial charge in [0.2, 0.25) is 0 Å². The average Bonchev–Trinajstić information content (AvgIpc) is 2.87. The molecule has 1 aromatic rings. The van der Waals surface area contributed by atoms with Crippen molar-refractivity contribution < 1.29 is 9.18 Å². The van der Waals surface area contributed by atoms with E-state index in [1.54, 1.807) is 15.8 Å². The number of hydrogen-bond acceptors (Lipinski definition) is 3. The van der Waals surface area contributed by atoms with Crippen LogP contribution < -0.4 is 5.73 Å². The van der Waals surface area contributed by atoms with E-state index in [1.807, 2.05) is 20.8 Å². The molecular weight excluding hydrogens is 247 g/mol. The van der Waals surface area contributed by atoms with E-state index in [-0.39, 0.29) is 24.5 Å². The van der Waals surface area contributed by atoms with E-state index in [9.17, 15) is 9.18 Å². The summed E-state index contributed by atoms with van der Waals surface area (Å²) in [5.74, 6) is -0.0210. The molecule has 2 heterocycles. The molecular formula is C13H19FN4O. The van der Waals surface area contributed by atoms with Crippen LogP contribution in [0.2, 0.25) is 0 Å². The van der Waals surface area contributed by atoms with Gasteiger partial charge in [0.15, 0.2) is 0 Å². The van der Waals surface area contributed by atoms with E-state index in [0.29, 0.717) is 24.0 Å². The topological polar surface area (TPSA) is 64.2 Å². The Bertz CT molecular complexity index is 527. The molecule has 104 valence electrons. The zero-order valence-corrected chi connectivity index (χ0v) is 11.5. The van der Waals surface area contributed by atoms with Crippen LogP contribution in [0.25, 0.3) is 0 Å². The molecule has 19 heavy (non-hydrogen) atoms. The number of rotatable bonds is 3. The number of carbonyl (C=O) groups is 1. The van der Waals surface area contributed by atoms with Crippen LogP contribution in [-0.2, 0) is 13.1 Å². The Morgan fingerprint density at radius 3 is 2.79 bits per heavy atom. The minimum atomic E-state index is -0.243. The highest BCUT2D eigenvalue weighted by atomic mass is 19.1. The standard InChI is InChI=1S/C13H19FN4O/c1-13(2,3)17-8-11-10(12(17)19)6-16-18(11)7-9(4-14)5-15/h4,6H,5,7-8,15H2,1-3H3. The summed E-state index contributed by atoms with van der Waals surface area (Å²) >= 11 is 0. The molecule has 1 aromatic heterocycles. The first-order valence-electron chi connectivity index (χ1n) is 6.23. The number of aromatic nitrogens is 2. The summed E-state index contributed by atoms with van der Waals surface area (Å²) in [5, 5.41) is 4.15. The maximum atomic E-state index is 12.6. The van der Waals surface area contributed by atoms with Crippen molar-refractivity contribution in [2.45, 2.75) is 39.4 Å². The zero-order chi connectivity index (χ0) is 14.2. The highest BCUT2D eigenvalue weighted by Crippen LogP contribution is 2.29. The molecule has 1 aliphatic rings. The number of nitrogens with two attached hydrogens (primary N) is 1. The lowest BCUT2D eigenvalue weighted by Gasteiger charge is -2.31. The monoisotopic (exact) mass is 266 g/mol. The van der Waals surface area contributed by atoms with Crippen molar-refractivity contribution >= 4 is 5.91 Å². The van der Waals surface area contributed by atoms with Crippen molar-refractivity contribution in [2.75, 3.05) is 6.54 Å². The molecule has 0 saturated carbocycles. The second-order valence-corrected chi connectivity index (χ2v) is 5.70. The van der Waals surface area contributed by atoms with E-state index in [1.165, 1.54) is 0 Å². The summed E-state index contributed by atoms with van der Waals surface area (Å²) < 4.78 is 14.2. The molecule has 0 aliphatic carbocycles. The highest BCUT2D eigenvalue weighted by Gasteiger charge is 2.37. The molecule has 0 spiro atoms. The molecule has 6 heteroatoms. The van der Waals surface area contributed by atoms with Crippen molar-refractivity contribution in [3.05, 3.63) is 29.4 Å². The van der Waals surface area contributed by atoms with E-state index in [4.69, 9.17) is 5.73 Å². The number of halogens is 1. The summed E-state index contributed by atoms with van der Waals surface area (Å²) in [4.78, 5) is 14.0. The molecule has 2 N–H and O–H groups in total. The second-order valence-electron chi connectivity index (χ2n) is 5.70. The number of carbonyl (C=O) groups excluding carboxylic acids is 1. The summed E-state index contributed by atoms with van der Waals surface area (Å²) in [5.41, 5.74) is 7.08. The Kier molecular flexibility index (Phi) is 3.45. The van der Waals surface area contributed by atoms with Gasteiger partial charge in [0, 0.05) is 12.1 Å². The maximum absolute atomic E-state index is 12.6. The van der Waals surface area contributed by atoms with Gasteiger partial charge >= 0.3 is 0 Å². The number of fused-ring (bicyclic) bond motifs is 1. The predicted molar refractivity (Wildman–Crippen MR) is 70.1 cm³/mol. The lowest BCUT2D eigenvalue weighted by Crippen LogP contribution is -2.41. The Balaban J connectivity index is 2.28.